The second-order valence-corrected chi connectivity index (χ2v) is 7.38. The molecular weight excluding hydrogens is 409 g/mol. The molecule has 2 aromatic carbocycles. The quantitative estimate of drug-likeness (QED) is 0.403. The maximum absolute atomic E-state index is 14.7. The van der Waals surface area contributed by atoms with Gasteiger partial charge in [0.2, 0.25) is 0 Å². The molecule has 0 unspecified atom stereocenters. The lowest BCUT2D eigenvalue weighted by Gasteiger charge is -2.02. The number of nitriles is 1. The molecule has 156 valence electrons. The molecule has 9 heteroatoms. The third kappa shape index (κ3) is 3.65. The van der Waals surface area contributed by atoms with Crippen molar-refractivity contribution in [3.05, 3.63) is 89.3 Å². The van der Waals surface area contributed by atoms with Gasteiger partial charge in [-0.3, -0.25) is 19.7 Å². The molecule has 0 aliphatic rings. The van der Waals surface area contributed by atoms with E-state index in [-0.39, 0.29) is 17.9 Å². The SMILES string of the molecule is N#Cc1cccc(Cn2cc(CC(=O)c3n[nH]c4cc(-c5ccn[nH]5)c(F)cc34)cn2)c1. The van der Waals surface area contributed by atoms with Gasteiger partial charge in [-0.15, -0.1) is 0 Å². The van der Waals surface area contributed by atoms with Crippen molar-refractivity contribution in [2.45, 2.75) is 13.0 Å². The number of aromatic nitrogens is 6. The highest BCUT2D eigenvalue weighted by Gasteiger charge is 2.18. The minimum absolute atomic E-state index is 0.0854. The van der Waals surface area contributed by atoms with Gasteiger partial charge in [0, 0.05) is 29.8 Å². The molecule has 5 aromatic rings. The number of nitrogens with zero attached hydrogens (tertiary/aromatic N) is 5. The second kappa shape index (κ2) is 7.92. The van der Waals surface area contributed by atoms with E-state index >= 15 is 0 Å². The summed E-state index contributed by atoms with van der Waals surface area (Å²) in [6.45, 7) is 0.483. The molecule has 0 amide bonds. The predicted octanol–water partition coefficient (Wildman–Crippen LogP) is 3.63. The van der Waals surface area contributed by atoms with Crippen LogP contribution in [0.4, 0.5) is 4.39 Å². The largest absolute Gasteiger partial charge is 0.292 e. The topological polar surface area (TPSA) is 116 Å². The van der Waals surface area contributed by atoms with Crippen LogP contribution in [0, 0.1) is 17.1 Å². The Morgan fingerprint density at radius 3 is 2.88 bits per heavy atom. The van der Waals surface area contributed by atoms with Crippen LogP contribution in [0.5, 0.6) is 0 Å². The van der Waals surface area contributed by atoms with E-state index in [4.69, 9.17) is 5.26 Å². The molecule has 0 fully saturated rings. The van der Waals surface area contributed by atoms with Crippen molar-refractivity contribution >= 4 is 16.7 Å². The fraction of sp³-hybridized carbons (Fsp3) is 0.0870. The van der Waals surface area contributed by atoms with Crippen LogP contribution in [-0.4, -0.2) is 36.0 Å². The third-order valence-electron chi connectivity index (χ3n) is 5.16. The summed E-state index contributed by atoms with van der Waals surface area (Å²) in [7, 11) is 0. The van der Waals surface area contributed by atoms with Gasteiger partial charge in [0.1, 0.15) is 11.5 Å². The molecule has 3 aromatic heterocycles. The Balaban J connectivity index is 1.35. The molecule has 0 saturated carbocycles. The number of rotatable bonds is 6. The van der Waals surface area contributed by atoms with E-state index < -0.39 is 5.82 Å². The zero-order valence-corrected chi connectivity index (χ0v) is 16.7. The average molecular weight is 425 g/mol. The zero-order chi connectivity index (χ0) is 22.1. The van der Waals surface area contributed by atoms with Crippen LogP contribution in [0.25, 0.3) is 22.2 Å². The second-order valence-electron chi connectivity index (χ2n) is 7.38. The van der Waals surface area contributed by atoms with Gasteiger partial charge < -0.3 is 0 Å². The number of aromatic amines is 2. The number of nitrogens with one attached hydrogen (secondary N) is 2. The van der Waals surface area contributed by atoms with Crippen LogP contribution in [0.2, 0.25) is 0 Å². The van der Waals surface area contributed by atoms with Crippen LogP contribution in [0.1, 0.15) is 27.2 Å². The average Bonchev–Trinajstić information content (AvgIpc) is 3.54. The van der Waals surface area contributed by atoms with Gasteiger partial charge in [-0.05, 0) is 41.5 Å². The molecule has 8 nitrogen and oxygen atoms in total. The molecule has 0 aliphatic carbocycles. The van der Waals surface area contributed by atoms with E-state index in [2.05, 4.69) is 31.6 Å². The summed E-state index contributed by atoms with van der Waals surface area (Å²) >= 11 is 0. The van der Waals surface area contributed by atoms with Crippen molar-refractivity contribution in [2.24, 2.45) is 0 Å². The van der Waals surface area contributed by atoms with E-state index in [9.17, 15) is 9.18 Å². The number of fused-ring (bicyclic) bond motifs is 1. The summed E-state index contributed by atoms with van der Waals surface area (Å²) in [5, 5.41) is 27.3. The lowest BCUT2D eigenvalue weighted by Crippen LogP contribution is -2.04. The Labute approximate surface area is 181 Å². The summed E-state index contributed by atoms with van der Waals surface area (Å²) in [6.07, 6.45) is 5.03. The van der Waals surface area contributed by atoms with E-state index in [0.29, 0.717) is 34.3 Å². The summed E-state index contributed by atoms with van der Waals surface area (Å²) < 4.78 is 16.4. The minimum atomic E-state index is -0.468. The van der Waals surface area contributed by atoms with Crippen molar-refractivity contribution in [2.75, 3.05) is 0 Å². The van der Waals surface area contributed by atoms with Gasteiger partial charge in [-0.1, -0.05) is 12.1 Å². The summed E-state index contributed by atoms with van der Waals surface area (Å²) in [5.74, 6) is -0.708. The molecule has 0 spiro atoms. The Bertz CT molecular complexity index is 1470. The van der Waals surface area contributed by atoms with Gasteiger partial charge in [-0.25, -0.2) is 4.39 Å². The maximum Gasteiger partial charge on any atom is 0.188 e. The number of benzene rings is 2. The Morgan fingerprint density at radius 2 is 2.06 bits per heavy atom. The first-order valence-electron chi connectivity index (χ1n) is 9.81. The standard InChI is InChI=1S/C23H16FN7O/c24-19-8-18-21(9-17(19)20-4-5-26-28-20)29-30-23(18)22(32)7-16-11-27-31(13-16)12-15-3-1-2-14(6-15)10-25/h1-6,8-9,11,13H,7,12H2,(H,26,28)(H,29,30). The molecule has 5 rings (SSSR count). The fourth-order valence-corrected chi connectivity index (χ4v) is 3.64. The molecule has 0 aliphatic heterocycles. The zero-order valence-electron chi connectivity index (χ0n) is 16.7. The lowest BCUT2D eigenvalue weighted by molar-refractivity contribution is 0.0989. The van der Waals surface area contributed by atoms with E-state index in [1.807, 2.05) is 12.1 Å². The van der Waals surface area contributed by atoms with Gasteiger partial charge in [-0.2, -0.15) is 20.6 Å². The first-order chi connectivity index (χ1) is 15.6. The lowest BCUT2D eigenvalue weighted by atomic mass is 10.0. The van der Waals surface area contributed by atoms with Gasteiger partial charge >= 0.3 is 0 Å². The van der Waals surface area contributed by atoms with Crippen LogP contribution < -0.4 is 0 Å². The van der Waals surface area contributed by atoms with Crippen LogP contribution in [0.15, 0.2) is 61.1 Å². The maximum atomic E-state index is 14.7. The number of halogens is 1. The van der Waals surface area contributed by atoms with E-state index in [1.54, 1.807) is 47.5 Å². The number of hydrogen-bond acceptors (Lipinski definition) is 5. The van der Waals surface area contributed by atoms with Crippen molar-refractivity contribution in [3.63, 3.8) is 0 Å². The first kappa shape index (κ1) is 19.4. The highest BCUT2D eigenvalue weighted by Crippen LogP contribution is 2.27. The van der Waals surface area contributed by atoms with Crippen molar-refractivity contribution in [1.82, 2.24) is 30.2 Å². The summed E-state index contributed by atoms with van der Waals surface area (Å²) in [6, 6.07) is 14.0. The predicted molar refractivity (Wildman–Crippen MR) is 114 cm³/mol. The molecular formula is C23H16FN7O. The Hall–Kier alpha value is -4.58. The van der Waals surface area contributed by atoms with Gasteiger partial charge in [0.15, 0.2) is 5.78 Å². The highest BCUT2D eigenvalue weighted by atomic mass is 19.1. The first-order valence-corrected chi connectivity index (χ1v) is 9.81. The summed E-state index contributed by atoms with van der Waals surface area (Å²) in [4.78, 5) is 12.9. The smallest absolute Gasteiger partial charge is 0.188 e. The van der Waals surface area contributed by atoms with Gasteiger partial charge in [0.05, 0.1) is 35.6 Å². The molecule has 0 radical (unpaired) electrons. The molecule has 3 heterocycles. The number of hydrogen-bond donors (Lipinski definition) is 2. The fourth-order valence-electron chi connectivity index (χ4n) is 3.64. The Morgan fingerprint density at radius 1 is 1.16 bits per heavy atom. The molecule has 0 bridgehead atoms. The van der Waals surface area contributed by atoms with Crippen LogP contribution >= 0.6 is 0 Å². The summed E-state index contributed by atoms with van der Waals surface area (Å²) in [5.41, 5.74) is 3.87. The minimum Gasteiger partial charge on any atom is -0.292 e. The molecule has 32 heavy (non-hydrogen) atoms. The normalized spacial score (nSPS) is 11.0. The van der Waals surface area contributed by atoms with Crippen molar-refractivity contribution in [3.8, 4) is 17.3 Å². The number of carbonyl (C=O) groups is 1. The van der Waals surface area contributed by atoms with Crippen molar-refractivity contribution < 1.29 is 9.18 Å². The van der Waals surface area contributed by atoms with Gasteiger partial charge in [0.25, 0.3) is 0 Å². The number of Topliss-reactive ketones (excluding diaryl/α,β-unsaturated/α-hetero) is 1. The molecule has 0 atom stereocenters. The molecule has 2 N–H and O–H groups in total. The third-order valence-corrected chi connectivity index (χ3v) is 5.16. The van der Waals surface area contributed by atoms with Crippen molar-refractivity contribution in [1.29, 1.82) is 5.26 Å². The molecule has 0 saturated heterocycles. The van der Waals surface area contributed by atoms with Crippen LogP contribution in [0.3, 0.4) is 0 Å². The highest BCUT2D eigenvalue weighted by molar-refractivity contribution is 6.07. The monoisotopic (exact) mass is 425 g/mol. The van der Waals surface area contributed by atoms with E-state index in [0.717, 1.165) is 11.1 Å². The number of ketones is 1. The Kier molecular flexibility index (Phi) is 4.80. The number of H-pyrrole nitrogens is 2. The number of carbonyl (C=O) groups excluding carboxylic acids is 1. The van der Waals surface area contributed by atoms with Crippen LogP contribution in [-0.2, 0) is 13.0 Å². The van der Waals surface area contributed by atoms with E-state index in [1.165, 1.54) is 6.07 Å².